The van der Waals surface area contributed by atoms with Crippen molar-refractivity contribution in [2.45, 2.75) is 19.9 Å². The second-order valence-corrected chi connectivity index (χ2v) is 4.41. The van der Waals surface area contributed by atoms with E-state index in [0.717, 1.165) is 18.7 Å². The molecule has 0 aliphatic carbocycles. The summed E-state index contributed by atoms with van der Waals surface area (Å²) in [6, 6.07) is 1.76. The highest BCUT2D eigenvalue weighted by Crippen LogP contribution is 2.18. The lowest BCUT2D eigenvalue weighted by Gasteiger charge is -2.04. The summed E-state index contributed by atoms with van der Waals surface area (Å²) in [5, 5.41) is 12.5. The van der Waals surface area contributed by atoms with E-state index in [1.807, 2.05) is 6.92 Å². The van der Waals surface area contributed by atoms with Gasteiger partial charge in [0.15, 0.2) is 0 Å². The molecule has 2 heterocycles. The molecule has 0 fully saturated rings. The van der Waals surface area contributed by atoms with E-state index >= 15 is 0 Å². The topological polar surface area (TPSA) is 89.3 Å². The molecule has 0 saturated carbocycles. The zero-order valence-corrected chi connectivity index (χ0v) is 11.4. The van der Waals surface area contributed by atoms with Gasteiger partial charge in [0.25, 0.3) is 0 Å². The average molecular weight is 282 g/mol. The predicted molar refractivity (Wildman–Crippen MR) is 74.8 cm³/mol. The van der Waals surface area contributed by atoms with E-state index in [1.54, 1.807) is 10.7 Å². The van der Waals surface area contributed by atoms with Gasteiger partial charge in [-0.15, -0.1) is 0 Å². The molecular formula is C12H16ClN5O. The highest BCUT2D eigenvalue weighted by atomic mass is 35.5. The molecule has 0 radical (unpaired) electrons. The first-order valence-electron chi connectivity index (χ1n) is 6.09. The van der Waals surface area contributed by atoms with E-state index < -0.39 is 0 Å². The van der Waals surface area contributed by atoms with Crippen LogP contribution in [0, 0.1) is 5.41 Å². The van der Waals surface area contributed by atoms with Crippen LogP contribution in [-0.2, 0) is 11.3 Å². The molecular weight excluding hydrogens is 266 g/mol. The van der Waals surface area contributed by atoms with Crippen molar-refractivity contribution in [1.82, 2.24) is 9.78 Å². The zero-order valence-electron chi connectivity index (χ0n) is 10.7. The van der Waals surface area contributed by atoms with Crippen LogP contribution in [0.4, 0.5) is 0 Å². The van der Waals surface area contributed by atoms with Gasteiger partial charge in [0, 0.05) is 19.3 Å². The van der Waals surface area contributed by atoms with Gasteiger partial charge in [0.2, 0.25) is 5.90 Å². The van der Waals surface area contributed by atoms with Crippen LogP contribution < -0.4 is 5.73 Å². The van der Waals surface area contributed by atoms with Crippen molar-refractivity contribution in [2.75, 3.05) is 13.2 Å². The van der Waals surface area contributed by atoms with Crippen molar-refractivity contribution >= 4 is 23.2 Å². The summed E-state index contributed by atoms with van der Waals surface area (Å²) >= 11 is 6.07. The van der Waals surface area contributed by atoms with E-state index in [0.29, 0.717) is 29.6 Å². The summed E-state index contributed by atoms with van der Waals surface area (Å²) in [6.07, 6.45) is 2.19. The minimum absolute atomic E-state index is 0.0512. The van der Waals surface area contributed by atoms with Crippen LogP contribution >= 0.6 is 11.6 Å². The molecule has 1 aromatic heterocycles. The third-order valence-electron chi connectivity index (χ3n) is 2.71. The second-order valence-electron chi connectivity index (χ2n) is 4.00. The third kappa shape index (κ3) is 2.78. The largest absolute Gasteiger partial charge is 0.477 e. The summed E-state index contributed by atoms with van der Waals surface area (Å²) < 4.78 is 6.95. The SMILES string of the molecule is CCOC(=N)c1cc2n(n1)CCCN=C2C(Cl)=CN. The normalized spacial score (nSPS) is 15.5. The van der Waals surface area contributed by atoms with Gasteiger partial charge < -0.3 is 10.5 Å². The Bertz CT molecular complexity index is 546. The van der Waals surface area contributed by atoms with Crippen LogP contribution in [0.15, 0.2) is 22.3 Å². The number of ether oxygens (including phenoxy) is 1. The Kier molecular flexibility index (Phi) is 4.21. The summed E-state index contributed by atoms with van der Waals surface area (Å²) in [5.41, 5.74) is 7.32. The van der Waals surface area contributed by atoms with Gasteiger partial charge >= 0.3 is 0 Å². The molecule has 1 aliphatic rings. The van der Waals surface area contributed by atoms with E-state index in [2.05, 4.69) is 10.1 Å². The summed E-state index contributed by atoms with van der Waals surface area (Å²) in [4.78, 5) is 4.42. The van der Waals surface area contributed by atoms with Gasteiger partial charge in [-0.25, -0.2) is 0 Å². The van der Waals surface area contributed by atoms with Crippen molar-refractivity contribution in [3.63, 3.8) is 0 Å². The number of halogens is 1. The molecule has 0 amide bonds. The third-order valence-corrected chi connectivity index (χ3v) is 3.02. The van der Waals surface area contributed by atoms with Crippen LogP contribution in [0.1, 0.15) is 24.7 Å². The van der Waals surface area contributed by atoms with E-state index in [-0.39, 0.29) is 5.90 Å². The zero-order chi connectivity index (χ0) is 13.8. The molecule has 0 bridgehead atoms. The van der Waals surface area contributed by atoms with E-state index in [9.17, 15) is 0 Å². The summed E-state index contributed by atoms with van der Waals surface area (Å²) in [7, 11) is 0. The van der Waals surface area contributed by atoms with Crippen molar-refractivity contribution in [2.24, 2.45) is 10.7 Å². The molecule has 0 aromatic carbocycles. The first-order chi connectivity index (χ1) is 9.17. The molecule has 1 aliphatic heterocycles. The van der Waals surface area contributed by atoms with Crippen molar-refractivity contribution in [1.29, 1.82) is 5.41 Å². The van der Waals surface area contributed by atoms with Crippen LogP contribution in [0.5, 0.6) is 0 Å². The number of hydrogen-bond acceptors (Lipinski definition) is 5. The molecule has 1 aromatic rings. The lowest BCUT2D eigenvalue weighted by Crippen LogP contribution is -2.10. The molecule has 7 heteroatoms. The lowest BCUT2D eigenvalue weighted by atomic mass is 10.2. The van der Waals surface area contributed by atoms with Gasteiger partial charge in [0.05, 0.1) is 17.3 Å². The molecule has 0 unspecified atom stereocenters. The lowest BCUT2D eigenvalue weighted by molar-refractivity contribution is 0.324. The van der Waals surface area contributed by atoms with Crippen LogP contribution in [0.2, 0.25) is 0 Å². The highest BCUT2D eigenvalue weighted by molar-refractivity contribution is 6.46. The van der Waals surface area contributed by atoms with Gasteiger partial charge in [-0.1, -0.05) is 11.6 Å². The second kappa shape index (κ2) is 5.88. The molecule has 0 saturated heterocycles. The Labute approximate surface area is 116 Å². The quantitative estimate of drug-likeness (QED) is 0.649. The summed E-state index contributed by atoms with van der Waals surface area (Å²) in [6.45, 7) is 3.68. The molecule has 3 N–H and O–H groups in total. The van der Waals surface area contributed by atoms with E-state index in [1.165, 1.54) is 6.20 Å². The number of nitrogens with two attached hydrogens (primary N) is 1. The highest BCUT2D eigenvalue weighted by Gasteiger charge is 2.20. The number of fused-ring (bicyclic) bond motifs is 1. The first-order valence-corrected chi connectivity index (χ1v) is 6.47. The number of nitrogens with zero attached hydrogens (tertiary/aromatic N) is 3. The van der Waals surface area contributed by atoms with Gasteiger partial charge in [-0.2, -0.15) is 5.10 Å². The molecule has 0 atom stereocenters. The van der Waals surface area contributed by atoms with Gasteiger partial charge in [-0.3, -0.25) is 15.1 Å². The van der Waals surface area contributed by atoms with Crippen molar-refractivity contribution in [3.8, 4) is 0 Å². The number of aryl methyl sites for hydroxylation is 1. The standard InChI is InChI=1S/C12H16ClN5O/c1-2-19-12(15)9-6-10-11(8(13)7-14)16-4-3-5-18(10)17-9/h6-7,15H,2-5,14H2,1H3. The Morgan fingerprint density at radius 2 is 2.47 bits per heavy atom. The molecule has 2 rings (SSSR count). The monoisotopic (exact) mass is 281 g/mol. The molecule has 19 heavy (non-hydrogen) atoms. The fraction of sp³-hybridized carbons (Fsp3) is 0.417. The minimum atomic E-state index is 0.0512. The number of hydrogen-bond donors (Lipinski definition) is 2. The van der Waals surface area contributed by atoms with Crippen molar-refractivity contribution in [3.05, 3.63) is 28.7 Å². The number of aromatic nitrogens is 2. The Morgan fingerprint density at radius 3 is 3.16 bits per heavy atom. The minimum Gasteiger partial charge on any atom is -0.477 e. The smallest absolute Gasteiger partial charge is 0.234 e. The maximum absolute atomic E-state index is 7.77. The molecule has 0 spiro atoms. The van der Waals surface area contributed by atoms with E-state index in [4.69, 9.17) is 27.5 Å². The Hall–Kier alpha value is -1.82. The number of aliphatic imine (C=N–C) groups is 1. The molecule has 6 nitrogen and oxygen atoms in total. The maximum Gasteiger partial charge on any atom is 0.234 e. The van der Waals surface area contributed by atoms with Gasteiger partial charge in [-0.05, 0) is 19.4 Å². The van der Waals surface area contributed by atoms with Crippen molar-refractivity contribution < 1.29 is 4.74 Å². The fourth-order valence-corrected chi connectivity index (χ4v) is 2.03. The molecule has 102 valence electrons. The van der Waals surface area contributed by atoms with Crippen LogP contribution in [0.25, 0.3) is 0 Å². The average Bonchev–Trinajstić information content (AvgIpc) is 2.73. The predicted octanol–water partition coefficient (Wildman–Crippen LogP) is 1.48. The first kappa shape index (κ1) is 13.6. The Morgan fingerprint density at radius 1 is 1.68 bits per heavy atom. The van der Waals surface area contributed by atoms with Gasteiger partial charge in [0.1, 0.15) is 11.4 Å². The van der Waals surface area contributed by atoms with Crippen LogP contribution in [-0.4, -0.2) is 34.5 Å². The van der Waals surface area contributed by atoms with Crippen LogP contribution in [0.3, 0.4) is 0 Å². The number of allylic oxidation sites excluding steroid dienone is 1. The maximum atomic E-state index is 7.77. The summed E-state index contributed by atoms with van der Waals surface area (Å²) in [5.74, 6) is 0.0512. The Balaban J connectivity index is 2.41. The number of nitrogens with one attached hydrogen (secondary N) is 1. The fourth-order valence-electron chi connectivity index (χ4n) is 1.88. The number of rotatable bonds is 3.